The molecule has 0 amide bonds. The summed E-state index contributed by atoms with van der Waals surface area (Å²) in [6.07, 6.45) is 0. The van der Waals surface area contributed by atoms with Gasteiger partial charge < -0.3 is 15.2 Å². The fraction of sp³-hybridized carbons (Fsp3) is 0.200. The van der Waals surface area contributed by atoms with E-state index >= 15 is 0 Å². The molecule has 3 nitrogen and oxygen atoms in total. The molecular formula is C15H15F2NO2. The molecule has 2 aromatic rings. The van der Waals surface area contributed by atoms with Crippen molar-refractivity contribution < 1.29 is 18.3 Å². The Hall–Kier alpha value is -2.14. The van der Waals surface area contributed by atoms with Gasteiger partial charge in [0.15, 0.2) is 11.6 Å². The topological polar surface area (TPSA) is 44.5 Å². The van der Waals surface area contributed by atoms with E-state index in [1.165, 1.54) is 12.1 Å². The van der Waals surface area contributed by atoms with Gasteiger partial charge in [-0.2, -0.15) is 4.39 Å². The number of nitrogens with two attached hydrogens (primary N) is 1. The summed E-state index contributed by atoms with van der Waals surface area (Å²) in [4.78, 5) is 0. The summed E-state index contributed by atoms with van der Waals surface area (Å²) in [5, 5.41) is 0. The predicted molar refractivity (Wildman–Crippen MR) is 71.7 cm³/mol. The van der Waals surface area contributed by atoms with Crippen molar-refractivity contribution in [2.24, 2.45) is 5.73 Å². The van der Waals surface area contributed by atoms with Gasteiger partial charge in [-0.1, -0.05) is 24.3 Å². The van der Waals surface area contributed by atoms with Gasteiger partial charge in [-0.05, 0) is 18.2 Å². The second-order valence-electron chi connectivity index (χ2n) is 4.06. The number of hydrogen-bond donors (Lipinski definition) is 1. The summed E-state index contributed by atoms with van der Waals surface area (Å²) in [6, 6.07) is 11.2. The van der Waals surface area contributed by atoms with E-state index in [1.54, 1.807) is 6.07 Å². The third-order valence-corrected chi connectivity index (χ3v) is 2.71. The zero-order valence-corrected chi connectivity index (χ0v) is 10.8. The summed E-state index contributed by atoms with van der Waals surface area (Å²) in [5.41, 5.74) is 6.46. The molecular weight excluding hydrogens is 264 g/mol. The molecule has 0 radical (unpaired) electrons. The molecule has 2 N–H and O–H groups in total. The highest BCUT2D eigenvalue weighted by Crippen LogP contribution is 2.20. The first-order valence-electron chi connectivity index (χ1n) is 6.20. The maximum atomic E-state index is 13.3. The minimum atomic E-state index is -0.991. The van der Waals surface area contributed by atoms with E-state index in [4.69, 9.17) is 15.2 Å². The van der Waals surface area contributed by atoms with Crippen molar-refractivity contribution in [2.45, 2.75) is 6.54 Å². The van der Waals surface area contributed by atoms with E-state index in [1.807, 2.05) is 18.2 Å². The van der Waals surface area contributed by atoms with Crippen molar-refractivity contribution in [1.82, 2.24) is 0 Å². The molecule has 0 aliphatic rings. The summed E-state index contributed by atoms with van der Waals surface area (Å²) < 4.78 is 36.9. The molecule has 0 aromatic heterocycles. The number of halogens is 2. The van der Waals surface area contributed by atoms with Crippen LogP contribution in [-0.2, 0) is 6.54 Å². The highest BCUT2D eigenvalue weighted by molar-refractivity contribution is 5.33. The SMILES string of the molecule is NCc1ccccc1OCCOc1cccc(F)c1F. The summed E-state index contributed by atoms with van der Waals surface area (Å²) in [5.74, 6) is -1.38. The Labute approximate surface area is 115 Å². The Balaban J connectivity index is 1.86. The van der Waals surface area contributed by atoms with Gasteiger partial charge in [-0.25, -0.2) is 4.39 Å². The van der Waals surface area contributed by atoms with Crippen LogP contribution in [0.3, 0.4) is 0 Å². The molecule has 0 heterocycles. The fourth-order valence-corrected chi connectivity index (χ4v) is 1.71. The average Bonchev–Trinajstić information content (AvgIpc) is 2.48. The van der Waals surface area contributed by atoms with Crippen LogP contribution < -0.4 is 15.2 Å². The van der Waals surface area contributed by atoms with Crippen LogP contribution in [-0.4, -0.2) is 13.2 Å². The van der Waals surface area contributed by atoms with Gasteiger partial charge in [0.05, 0.1) is 0 Å². The second kappa shape index (κ2) is 6.86. The first-order valence-corrected chi connectivity index (χ1v) is 6.20. The zero-order valence-electron chi connectivity index (χ0n) is 10.8. The van der Waals surface area contributed by atoms with Crippen LogP contribution in [0.25, 0.3) is 0 Å². The van der Waals surface area contributed by atoms with Gasteiger partial charge in [-0.3, -0.25) is 0 Å². The molecule has 0 aliphatic carbocycles. The average molecular weight is 279 g/mol. The number of ether oxygens (including phenoxy) is 2. The van der Waals surface area contributed by atoms with Gasteiger partial charge in [0.25, 0.3) is 0 Å². The predicted octanol–water partition coefficient (Wildman–Crippen LogP) is 2.88. The molecule has 0 spiro atoms. The summed E-state index contributed by atoms with van der Waals surface area (Å²) >= 11 is 0. The number of para-hydroxylation sites is 1. The maximum absolute atomic E-state index is 13.3. The van der Waals surface area contributed by atoms with Crippen LogP contribution in [0.4, 0.5) is 8.78 Å². The van der Waals surface area contributed by atoms with Crippen molar-refractivity contribution >= 4 is 0 Å². The first kappa shape index (κ1) is 14.3. The lowest BCUT2D eigenvalue weighted by Gasteiger charge is -2.11. The minimum absolute atomic E-state index is 0.110. The smallest absolute Gasteiger partial charge is 0.200 e. The molecule has 0 bridgehead atoms. The quantitative estimate of drug-likeness (QED) is 0.827. The van der Waals surface area contributed by atoms with Crippen molar-refractivity contribution in [1.29, 1.82) is 0 Å². The van der Waals surface area contributed by atoms with Gasteiger partial charge in [-0.15, -0.1) is 0 Å². The van der Waals surface area contributed by atoms with Crippen LogP contribution in [0.2, 0.25) is 0 Å². The fourth-order valence-electron chi connectivity index (χ4n) is 1.71. The number of hydrogen-bond acceptors (Lipinski definition) is 3. The van der Waals surface area contributed by atoms with Crippen molar-refractivity contribution in [2.75, 3.05) is 13.2 Å². The lowest BCUT2D eigenvalue weighted by atomic mass is 10.2. The van der Waals surface area contributed by atoms with Crippen molar-refractivity contribution in [3.63, 3.8) is 0 Å². The third-order valence-electron chi connectivity index (χ3n) is 2.71. The van der Waals surface area contributed by atoms with E-state index in [0.717, 1.165) is 11.6 Å². The monoisotopic (exact) mass is 279 g/mol. The van der Waals surface area contributed by atoms with Crippen LogP contribution in [0.15, 0.2) is 42.5 Å². The van der Waals surface area contributed by atoms with Gasteiger partial charge in [0, 0.05) is 12.1 Å². The normalized spacial score (nSPS) is 10.3. The first-order chi connectivity index (χ1) is 9.72. The molecule has 0 atom stereocenters. The summed E-state index contributed by atoms with van der Waals surface area (Å²) in [7, 11) is 0. The van der Waals surface area contributed by atoms with Crippen molar-refractivity contribution in [3.8, 4) is 11.5 Å². The lowest BCUT2D eigenvalue weighted by Crippen LogP contribution is -2.11. The molecule has 0 saturated heterocycles. The Morgan fingerprint density at radius 3 is 2.25 bits per heavy atom. The lowest BCUT2D eigenvalue weighted by molar-refractivity contribution is 0.208. The standard InChI is InChI=1S/C15H15F2NO2/c16-12-5-3-7-14(15(12)17)20-9-8-19-13-6-2-1-4-11(13)10-18/h1-7H,8-10,18H2. The molecule has 20 heavy (non-hydrogen) atoms. The molecule has 2 aromatic carbocycles. The molecule has 0 aliphatic heterocycles. The Morgan fingerprint density at radius 2 is 1.50 bits per heavy atom. The largest absolute Gasteiger partial charge is 0.490 e. The van der Waals surface area contributed by atoms with Crippen LogP contribution in [0.5, 0.6) is 11.5 Å². The van der Waals surface area contributed by atoms with Crippen LogP contribution >= 0.6 is 0 Å². The van der Waals surface area contributed by atoms with Crippen LogP contribution in [0.1, 0.15) is 5.56 Å². The molecule has 106 valence electrons. The summed E-state index contributed by atoms with van der Waals surface area (Å²) in [6.45, 7) is 0.696. The van der Waals surface area contributed by atoms with Crippen LogP contribution in [0, 0.1) is 11.6 Å². The van der Waals surface area contributed by atoms with E-state index in [2.05, 4.69) is 0 Å². The van der Waals surface area contributed by atoms with E-state index < -0.39 is 11.6 Å². The number of benzene rings is 2. The highest BCUT2D eigenvalue weighted by atomic mass is 19.2. The van der Waals surface area contributed by atoms with E-state index in [-0.39, 0.29) is 19.0 Å². The second-order valence-corrected chi connectivity index (χ2v) is 4.06. The molecule has 0 saturated carbocycles. The molecule has 0 fully saturated rings. The van der Waals surface area contributed by atoms with Gasteiger partial charge in [0.1, 0.15) is 19.0 Å². The zero-order chi connectivity index (χ0) is 14.4. The van der Waals surface area contributed by atoms with Gasteiger partial charge in [0.2, 0.25) is 5.82 Å². The molecule has 5 heteroatoms. The number of rotatable bonds is 6. The molecule has 2 rings (SSSR count). The van der Waals surface area contributed by atoms with E-state index in [0.29, 0.717) is 12.3 Å². The Bertz CT molecular complexity index is 576. The molecule has 0 unspecified atom stereocenters. The van der Waals surface area contributed by atoms with Crippen molar-refractivity contribution in [3.05, 3.63) is 59.7 Å². The van der Waals surface area contributed by atoms with E-state index in [9.17, 15) is 8.78 Å². The maximum Gasteiger partial charge on any atom is 0.200 e. The minimum Gasteiger partial charge on any atom is -0.490 e. The highest BCUT2D eigenvalue weighted by Gasteiger charge is 2.08. The van der Waals surface area contributed by atoms with Gasteiger partial charge >= 0.3 is 0 Å². The third kappa shape index (κ3) is 3.45. The Morgan fingerprint density at radius 1 is 0.850 bits per heavy atom. The Kier molecular flexibility index (Phi) is 4.90.